The number of hydrogen-bond acceptors (Lipinski definition) is 6. The fourth-order valence-electron chi connectivity index (χ4n) is 2.32. The topological polar surface area (TPSA) is 83.9 Å². The van der Waals surface area contributed by atoms with Gasteiger partial charge in [0, 0.05) is 14.1 Å². The molecule has 0 fully saturated rings. The summed E-state index contributed by atoms with van der Waals surface area (Å²) in [7, 11) is 3.74. The van der Waals surface area contributed by atoms with Gasteiger partial charge in [0.25, 0.3) is 5.91 Å². The molecule has 0 atom stereocenters. The zero-order valence-corrected chi connectivity index (χ0v) is 14.0. The third-order valence-electron chi connectivity index (χ3n) is 3.58. The zero-order chi connectivity index (χ0) is 17.3. The highest BCUT2D eigenvalue weighted by atomic mass is 16.1. The van der Waals surface area contributed by atoms with Gasteiger partial charge in [-0.25, -0.2) is 15.0 Å². The Morgan fingerprint density at radius 3 is 2.25 bits per heavy atom. The minimum atomic E-state index is -0.333. The van der Waals surface area contributed by atoms with Crippen LogP contribution in [0.2, 0.25) is 0 Å². The predicted molar refractivity (Wildman–Crippen MR) is 93.3 cm³/mol. The summed E-state index contributed by atoms with van der Waals surface area (Å²) in [6, 6.07) is 7.42. The number of carbonyl (C=O) groups excluding carboxylic acids is 1. The van der Waals surface area contributed by atoms with Crippen LogP contribution in [0.15, 0.2) is 30.5 Å². The number of nitrogens with zero attached hydrogens (tertiary/aromatic N) is 5. The number of carbonyl (C=O) groups is 1. The van der Waals surface area contributed by atoms with Crippen molar-refractivity contribution in [1.82, 2.24) is 19.9 Å². The van der Waals surface area contributed by atoms with Crippen LogP contribution >= 0.6 is 0 Å². The first-order valence-corrected chi connectivity index (χ1v) is 7.51. The van der Waals surface area contributed by atoms with E-state index in [2.05, 4.69) is 25.3 Å². The molecule has 0 aliphatic heterocycles. The molecular weight excluding hydrogens is 304 g/mol. The quantitative estimate of drug-likeness (QED) is 0.797. The predicted octanol–water partition coefficient (Wildman–Crippen LogP) is 2.35. The molecule has 0 bridgehead atoms. The number of fused-ring (bicyclic) bond motifs is 1. The fraction of sp³-hybridized carbons (Fsp3) is 0.235. The first-order valence-electron chi connectivity index (χ1n) is 7.51. The molecule has 122 valence electrons. The molecule has 3 aromatic rings. The summed E-state index contributed by atoms with van der Waals surface area (Å²) < 4.78 is 0. The average molecular weight is 322 g/mol. The SMILES string of the molecule is Cc1nc(N(C)C)nc(C)c1NC(=O)c1cnc2ccccc2n1. The summed E-state index contributed by atoms with van der Waals surface area (Å²) >= 11 is 0. The molecule has 0 saturated carbocycles. The molecule has 3 rings (SSSR count). The monoisotopic (exact) mass is 322 g/mol. The van der Waals surface area contributed by atoms with Crippen LogP contribution in [0.3, 0.4) is 0 Å². The Bertz CT molecular complexity index is 899. The fourth-order valence-corrected chi connectivity index (χ4v) is 2.32. The number of aryl methyl sites for hydroxylation is 2. The third kappa shape index (κ3) is 3.01. The number of benzene rings is 1. The zero-order valence-electron chi connectivity index (χ0n) is 14.0. The number of anilines is 2. The number of aromatic nitrogens is 4. The second kappa shape index (κ2) is 6.19. The summed E-state index contributed by atoms with van der Waals surface area (Å²) in [5, 5.41) is 2.84. The number of rotatable bonds is 3. The van der Waals surface area contributed by atoms with E-state index in [-0.39, 0.29) is 11.6 Å². The van der Waals surface area contributed by atoms with Crippen LogP contribution < -0.4 is 10.2 Å². The van der Waals surface area contributed by atoms with Gasteiger partial charge in [-0.3, -0.25) is 9.78 Å². The second-order valence-electron chi connectivity index (χ2n) is 5.66. The van der Waals surface area contributed by atoms with Gasteiger partial charge in [0.2, 0.25) is 5.95 Å². The maximum absolute atomic E-state index is 12.5. The number of amides is 1. The summed E-state index contributed by atoms with van der Waals surface area (Å²) in [4.78, 5) is 31.7. The van der Waals surface area contributed by atoms with Gasteiger partial charge in [-0.2, -0.15) is 0 Å². The number of hydrogen-bond donors (Lipinski definition) is 1. The number of nitrogens with one attached hydrogen (secondary N) is 1. The standard InChI is InChI=1S/C17H18N6O/c1-10-15(11(2)20-17(19-10)23(3)4)22-16(24)14-9-18-12-7-5-6-8-13(12)21-14/h5-9H,1-4H3,(H,22,24). The van der Waals surface area contributed by atoms with Crippen molar-refractivity contribution >= 4 is 28.6 Å². The van der Waals surface area contributed by atoms with E-state index in [1.807, 2.05) is 57.1 Å². The van der Waals surface area contributed by atoms with Gasteiger partial charge in [0.15, 0.2) is 0 Å². The third-order valence-corrected chi connectivity index (χ3v) is 3.58. The van der Waals surface area contributed by atoms with Gasteiger partial charge in [-0.05, 0) is 26.0 Å². The molecule has 0 unspecified atom stereocenters. The highest BCUT2D eigenvalue weighted by Crippen LogP contribution is 2.20. The Hall–Kier alpha value is -3.09. The van der Waals surface area contributed by atoms with Gasteiger partial charge in [0.05, 0.1) is 34.3 Å². The van der Waals surface area contributed by atoms with E-state index in [0.717, 1.165) is 5.52 Å². The van der Waals surface area contributed by atoms with Crippen LogP contribution in [0.5, 0.6) is 0 Å². The van der Waals surface area contributed by atoms with E-state index >= 15 is 0 Å². The molecule has 2 heterocycles. The van der Waals surface area contributed by atoms with E-state index in [9.17, 15) is 4.79 Å². The molecule has 0 aliphatic carbocycles. The molecule has 1 N–H and O–H groups in total. The summed E-state index contributed by atoms with van der Waals surface area (Å²) in [6.45, 7) is 3.67. The van der Waals surface area contributed by atoms with Gasteiger partial charge in [-0.1, -0.05) is 12.1 Å². The van der Waals surface area contributed by atoms with Crippen LogP contribution in [-0.2, 0) is 0 Å². The van der Waals surface area contributed by atoms with Crippen LogP contribution in [0.4, 0.5) is 11.6 Å². The summed E-state index contributed by atoms with van der Waals surface area (Å²) in [6.07, 6.45) is 1.47. The molecule has 0 radical (unpaired) electrons. The van der Waals surface area contributed by atoms with Crippen LogP contribution in [0, 0.1) is 13.8 Å². The molecular formula is C17H18N6O. The Morgan fingerprint density at radius 2 is 1.62 bits per heavy atom. The van der Waals surface area contributed by atoms with Crippen molar-refractivity contribution in [2.45, 2.75) is 13.8 Å². The molecule has 0 spiro atoms. The lowest BCUT2D eigenvalue weighted by atomic mass is 10.2. The molecule has 7 heteroatoms. The lowest BCUT2D eigenvalue weighted by Crippen LogP contribution is -2.19. The van der Waals surface area contributed by atoms with Gasteiger partial charge < -0.3 is 10.2 Å². The highest BCUT2D eigenvalue weighted by molar-refractivity contribution is 6.04. The lowest BCUT2D eigenvalue weighted by Gasteiger charge is -2.15. The molecule has 1 amide bonds. The van der Waals surface area contributed by atoms with Gasteiger partial charge >= 0.3 is 0 Å². The van der Waals surface area contributed by atoms with Gasteiger partial charge in [-0.15, -0.1) is 0 Å². The average Bonchev–Trinajstić information content (AvgIpc) is 2.57. The van der Waals surface area contributed by atoms with Crippen molar-refractivity contribution in [2.24, 2.45) is 0 Å². The normalized spacial score (nSPS) is 10.7. The van der Waals surface area contributed by atoms with E-state index in [4.69, 9.17) is 0 Å². The molecule has 0 aliphatic rings. The Kier molecular flexibility index (Phi) is 4.07. The van der Waals surface area contributed by atoms with Crippen LogP contribution in [-0.4, -0.2) is 39.9 Å². The summed E-state index contributed by atoms with van der Waals surface area (Å²) in [5.41, 5.74) is 3.68. The molecule has 0 saturated heterocycles. The maximum atomic E-state index is 12.5. The second-order valence-corrected chi connectivity index (χ2v) is 5.66. The van der Waals surface area contributed by atoms with E-state index < -0.39 is 0 Å². The molecule has 2 aromatic heterocycles. The smallest absolute Gasteiger partial charge is 0.275 e. The largest absolute Gasteiger partial charge is 0.347 e. The molecule has 24 heavy (non-hydrogen) atoms. The maximum Gasteiger partial charge on any atom is 0.275 e. The van der Waals surface area contributed by atoms with Crippen LogP contribution in [0.1, 0.15) is 21.9 Å². The molecule has 1 aromatic carbocycles. The Morgan fingerprint density at radius 1 is 1.00 bits per heavy atom. The van der Waals surface area contributed by atoms with E-state index in [0.29, 0.717) is 28.5 Å². The number of para-hydroxylation sites is 2. The highest BCUT2D eigenvalue weighted by Gasteiger charge is 2.15. The van der Waals surface area contributed by atoms with Crippen molar-refractivity contribution in [3.8, 4) is 0 Å². The van der Waals surface area contributed by atoms with Crippen LogP contribution in [0.25, 0.3) is 11.0 Å². The minimum absolute atomic E-state index is 0.254. The van der Waals surface area contributed by atoms with Crippen molar-refractivity contribution in [3.63, 3.8) is 0 Å². The lowest BCUT2D eigenvalue weighted by molar-refractivity contribution is 0.102. The van der Waals surface area contributed by atoms with Crippen molar-refractivity contribution < 1.29 is 4.79 Å². The first kappa shape index (κ1) is 15.8. The Labute approximate surface area is 139 Å². The first-order chi connectivity index (χ1) is 11.5. The van der Waals surface area contributed by atoms with E-state index in [1.54, 1.807) is 0 Å². The van der Waals surface area contributed by atoms with E-state index in [1.165, 1.54) is 6.20 Å². The van der Waals surface area contributed by atoms with Crippen molar-refractivity contribution in [1.29, 1.82) is 0 Å². The molecule has 7 nitrogen and oxygen atoms in total. The summed E-state index contributed by atoms with van der Waals surface area (Å²) in [5.74, 6) is 0.272. The minimum Gasteiger partial charge on any atom is -0.347 e. The van der Waals surface area contributed by atoms with Crippen molar-refractivity contribution in [3.05, 3.63) is 47.5 Å². The van der Waals surface area contributed by atoms with Crippen molar-refractivity contribution in [2.75, 3.05) is 24.3 Å². The van der Waals surface area contributed by atoms with Gasteiger partial charge in [0.1, 0.15) is 5.69 Å². The Balaban J connectivity index is 1.91.